The van der Waals surface area contributed by atoms with Gasteiger partial charge in [0.2, 0.25) is 0 Å². The van der Waals surface area contributed by atoms with Crippen LogP contribution < -0.4 is 10.2 Å². The second-order valence-corrected chi connectivity index (χ2v) is 8.38. The van der Waals surface area contributed by atoms with Gasteiger partial charge in [0.25, 0.3) is 5.91 Å². The van der Waals surface area contributed by atoms with Crippen molar-refractivity contribution in [3.63, 3.8) is 0 Å². The number of anilines is 1. The molecule has 0 radical (unpaired) electrons. The maximum Gasteiger partial charge on any atom is 0.262 e. The van der Waals surface area contributed by atoms with Gasteiger partial charge in [-0.25, -0.2) is 9.97 Å². The quantitative estimate of drug-likeness (QED) is 0.548. The van der Waals surface area contributed by atoms with Gasteiger partial charge in [0.1, 0.15) is 17.0 Å². The van der Waals surface area contributed by atoms with E-state index in [2.05, 4.69) is 49.4 Å². The van der Waals surface area contributed by atoms with E-state index in [1.54, 1.807) is 12.5 Å². The van der Waals surface area contributed by atoms with Crippen LogP contribution in [0.4, 0.5) is 5.82 Å². The van der Waals surface area contributed by atoms with Crippen molar-refractivity contribution in [3.05, 3.63) is 82.3 Å². The Morgan fingerprint density at radius 1 is 1.10 bits per heavy atom. The van der Waals surface area contributed by atoms with Crippen molar-refractivity contribution in [2.24, 2.45) is 0 Å². The molecule has 0 spiro atoms. The first-order chi connectivity index (χ1) is 14.7. The molecule has 6 nitrogen and oxygen atoms in total. The van der Waals surface area contributed by atoms with Crippen LogP contribution >= 0.6 is 11.3 Å². The van der Waals surface area contributed by atoms with Crippen LogP contribution in [-0.2, 0) is 19.5 Å². The Bertz CT molecular complexity index is 1220. The SMILES string of the molecule is Cc1c(C(=O)NCc2ccccn2)sc2ncnc(N3CCc4ccccc4C3)c12. The molecule has 0 bridgehead atoms. The Morgan fingerprint density at radius 3 is 2.77 bits per heavy atom. The summed E-state index contributed by atoms with van der Waals surface area (Å²) in [6, 6.07) is 14.2. The molecule has 1 amide bonds. The number of aromatic nitrogens is 3. The zero-order valence-electron chi connectivity index (χ0n) is 16.6. The Labute approximate surface area is 178 Å². The van der Waals surface area contributed by atoms with E-state index in [1.165, 1.54) is 22.5 Å². The number of benzene rings is 1. The van der Waals surface area contributed by atoms with Gasteiger partial charge < -0.3 is 10.2 Å². The minimum Gasteiger partial charge on any atom is -0.351 e. The van der Waals surface area contributed by atoms with Gasteiger partial charge in [0.15, 0.2) is 0 Å². The molecule has 5 rings (SSSR count). The van der Waals surface area contributed by atoms with E-state index in [1.807, 2.05) is 25.1 Å². The number of hydrogen-bond acceptors (Lipinski definition) is 6. The fourth-order valence-corrected chi connectivity index (χ4v) is 5.00. The average molecular weight is 416 g/mol. The maximum atomic E-state index is 12.9. The van der Waals surface area contributed by atoms with Gasteiger partial charge in [-0.1, -0.05) is 30.3 Å². The predicted molar refractivity (Wildman–Crippen MR) is 119 cm³/mol. The lowest BCUT2D eigenvalue weighted by molar-refractivity contribution is 0.0954. The standard InChI is InChI=1S/C23H21N5OS/c1-15-19-21(28-11-9-16-6-2-3-7-17(16)13-28)26-14-27-23(19)30-20(15)22(29)25-12-18-8-4-5-10-24-18/h2-8,10,14H,9,11-13H2,1H3,(H,25,29). The highest BCUT2D eigenvalue weighted by Crippen LogP contribution is 2.36. The summed E-state index contributed by atoms with van der Waals surface area (Å²) in [7, 11) is 0. The Morgan fingerprint density at radius 2 is 1.93 bits per heavy atom. The van der Waals surface area contributed by atoms with Crippen molar-refractivity contribution < 1.29 is 4.79 Å². The molecule has 30 heavy (non-hydrogen) atoms. The van der Waals surface area contributed by atoms with Crippen molar-refractivity contribution in [1.29, 1.82) is 0 Å². The summed E-state index contributed by atoms with van der Waals surface area (Å²) in [5.74, 6) is 0.808. The van der Waals surface area contributed by atoms with Crippen LogP contribution in [0.15, 0.2) is 55.0 Å². The van der Waals surface area contributed by atoms with Crippen LogP contribution in [0.1, 0.15) is 32.1 Å². The number of carbonyl (C=O) groups is 1. The first-order valence-electron chi connectivity index (χ1n) is 9.94. The fourth-order valence-electron chi connectivity index (χ4n) is 3.94. The molecule has 1 aliphatic heterocycles. The molecule has 0 unspecified atom stereocenters. The summed E-state index contributed by atoms with van der Waals surface area (Å²) >= 11 is 1.42. The zero-order chi connectivity index (χ0) is 20.5. The summed E-state index contributed by atoms with van der Waals surface area (Å²) in [5.41, 5.74) is 4.49. The Hall–Kier alpha value is -3.32. The number of pyridine rings is 1. The van der Waals surface area contributed by atoms with Crippen molar-refractivity contribution >= 4 is 33.3 Å². The predicted octanol–water partition coefficient (Wildman–Crippen LogP) is 3.89. The molecule has 0 aliphatic carbocycles. The molecule has 0 atom stereocenters. The molecular weight excluding hydrogens is 394 g/mol. The van der Waals surface area contributed by atoms with E-state index in [0.29, 0.717) is 11.4 Å². The van der Waals surface area contributed by atoms with E-state index < -0.39 is 0 Å². The number of thiophene rings is 1. The molecule has 0 saturated heterocycles. The van der Waals surface area contributed by atoms with Crippen molar-refractivity contribution in [2.75, 3.05) is 11.4 Å². The largest absolute Gasteiger partial charge is 0.351 e. The molecule has 0 fully saturated rings. The number of aryl methyl sites for hydroxylation is 1. The van der Waals surface area contributed by atoms with Crippen LogP contribution in [0.5, 0.6) is 0 Å². The van der Waals surface area contributed by atoms with E-state index in [-0.39, 0.29) is 5.91 Å². The molecule has 1 aliphatic rings. The van der Waals surface area contributed by atoms with Crippen LogP contribution in [0.25, 0.3) is 10.2 Å². The third kappa shape index (κ3) is 3.41. The molecule has 150 valence electrons. The highest BCUT2D eigenvalue weighted by molar-refractivity contribution is 7.20. The second-order valence-electron chi connectivity index (χ2n) is 7.38. The summed E-state index contributed by atoms with van der Waals surface area (Å²) in [4.78, 5) is 30.0. The van der Waals surface area contributed by atoms with Gasteiger partial charge in [-0.15, -0.1) is 11.3 Å². The molecule has 4 heterocycles. The average Bonchev–Trinajstić information content (AvgIpc) is 3.14. The van der Waals surface area contributed by atoms with E-state index in [0.717, 1.165) is 46.8 Å². The number of nitrogens with zero attached hydrogens (tertiary/aromatic N) is 4. The highest BCUT2D eigenvalue weighted by Gasteiger charge is 2.24. The molecular formula is C23H21N5OS. The third-order valence-corrected chi connectivity index (χ3v) is 6.70. The van der Waals surface area contributed by atoms with Gasteiger partial charge in [-0.05, 0) is 42.2 Å². The lowest BCUT2D eigenvalue weighted by Gasteiger charge is -2.30. The molecule has 3 aromatic heterocycles. The summed E-state index contributed by atoms with van der Waals surface area (Å²) < 4.78 is 0. The normalized spacial score (nSPS) is 13.3. The van der Waals surface area contributed by atoms with Gasteiger partial charge in [-0.3, -0.25) is 9.78 Å². The van der Waals surface area contributed by atoms with Crippen LogP contribution in [-0.4, -0.2) is 27.4 Å². The summed E-state index contributed by atoms with van der Waals surface area (Å²) in [6.07, 6.45) is 4.32. The first kappa shape index (κ1) is 18.7. The van der Waals surface area contributed by atoms with E-state index in [4.69, 9.17) is 0 Å². The molecule has 1 N–H and O–H groups in total. The maximum absolute atomic E-state index is 12.9. The smallest absolute Gasteiger partial charge is 0.262 e. The lowest BCUT2D eigenvalue weighted by atomic mass is 9.99. The van der Waals surface area contributed by atoms with Gasteiger partial charge in [0, 0.05) is 19.3 Å². The minimum absolute atomic E-state index is 0.101. The topological polar surface area (TPSA) is 71.0 Å². The van der Waals surface area contributed by atoms with Gasteiger partial charge >= 0.3 is 0 Å². The van der Waals surface area contributed by atoms with Crippen molar-refractivity contribution in [3.8, 4) is 0 Å². The van der Waals surface area contributed by atoms with E-state index in [9.17, 15) is 4.79 Å². The molecule has 0 saturated carbocycles. The zero-order valence-corrected chi connectivity index (χ0v) is 17.4. The Kier molecular flexibility index (Phi) is 4.88. The number of hydrogen-bond donors (Lipinski definition) is 1. The van der Waals surface area contributed by atoms with Crippen LogP contribution in [0, 0.1) is 6.92 Å². The highest BCUT2D eigenvalue weighted by atomic mass is 32.1. The summed E-state index contributed by atoms with van der Waals surface area (Å²) in [5, 5.41) is 3.95. The minimum atomic E-state index is -0.101. The number of nitrogens with one attached hydrogen (secondary N) is 1. The lowest BCUT2D eigenvalue weighted by Crippen LogP contribution is -2.31. The molecule has 4 aromatic rings. The van der Waals surface area contributed by atoms with Crippen molar-refractivity contribution in [2.45, 2.75) is 26.4 Å². The number of amides is 1. The van der Waals surface area contributed by atoms with E-state index >= 15 is 0 Å². The Balaban J connectivity index is 1.44. The third-order valence-electron chi connectivity index (χ3n) is 5.50. The number of rotatable bonds is 4. The fraction of sp³-hybridized carbons (Fsp3) is 0.217. The second kappa shape index (κ2) is 7.84. The van der Waals surface area contributed by atoms with Crippen molar-refractivity contribution in [1.82, 2.24) is 20.3 Å². The van der Waals surface area contributed by atoms with Crippen LogP contribution in [0.3, 0.4) is 0 Å². The molecule has 1 aromatic carbocycles. The molecule has 7 heteroatoms. The first-order valence-corrected chi connectivity index (χ1v) is 10.8. The van der Waals surface area contributed by atoms with Crippen LogP contribution in [0.2, 0.25) is 0 Å². The number of carbonyl (C=O) groups excluding carboxylic acids is 1. The monoisotopic (exact) mass is 415 g/mol. The van der Waals surface area contributed by atoms with Gasteiger partial charge in [-0.2, -0.15) is 0 Å². The van der Waals surface area contributed by atoms with Gasteiger partial charge in [0.05, 0.1) is 22.5 Å². The number of fused-ring (bicyclic) bond motifs is 2. The summed E-state index contributed by atoms with van der Waals surface area (Å²) in [6.45, 7) is 4.10.